The number of aliphatic hydroxyl groups excluding tert-OH is 1. The number of halogens is 2. The minimum atomic E-state index is -0.761. The predicted molar refractivity (Wildman–Crippen MR) is 84.5 cm³/mol. The Morgan fingerprint density at radius 2 is 1.90 bits per heavy atom. The summed E-state index contributed by atoms with van der Waals surface area (Å²) in [6.45, 7) is 0. The highest BCUT2D eigenvalue weighted by Gasteiger charge is 2.12. The number of benzene rings is 2. The molecule has 0 aliphatic heterocycles. The highest BCUT2D eigenvalue weighted by molar-refractivity contribution is 9.10. The smallest absolute Gasteiger partial charge is 0.124 e. The minimum absolute atomic E-state index is 0.321. The lowest BCUT2D eigenvalue weighted by Crippen LogP contribution is -2.04. The molecule has 21 heavy (non-hydrogen) atoms. The molecular weight excluding hydrogens is 333 g/mol. The van der Waals surface area contributed by atoms with E-state index in [1.807, 2.05) is 30.3 Å². The first-order valence-corrected chi connectivity index (χ1v) is 7.40. The first-order valence-electron chi connectivity index (χ1n) is 6.60. The molecule has 0 amide bonds. The molecule has 1 unspecified atom stereocenters. The molecule has 2 aromatic carbocycles. The van der Waals surface area contributed by atoms with Gasteiger partial charge in [-0.3, -0.25) is 4.98 Å². The van der Waals surface area contributed by atoms with Crippen LogP contribution < -0.4 is 0 Å². The van der Waals surface area contributed by atoms with Crippen molar-refractivity contribution >= 4 is 26.8 Å². The number of hydrogen-bond donors (Lipinski definition) is 1. The second-order valence-corrected chi connectivity index (χ2v) is 5.84. The third kappa shape index (κ3) is 3.28. The van der Waals surface area contributed by atoms with E-state index >= 15 is 0 Å². The van der Waals surface area contributed by atoms with Crippen LogP contribution in [0.1, 0.15) is 17.4 Å². The molecule has 2 nitrogen and oxygen atoms in total. The van der Waals surface area contributed by atoms with Gasteiger partial charge in [-0.25, -0.2) is 4.39 Å². The monoisotopic (exact) mass is 345 g/mol. The Kier molecular flexibility index (Phi) is 3.99. The van der Waals surface area contributed by atoms with Crippen LogP contribution in [0, 0.1) is 5.82 Å². The third-order valence-electron chi connectivity index (χ3n) is 3.31. The van der Waals surface area contributed by atoms with Crippen LogP contribution in [0.3, 0.4) is 0 Å². The number of aliphatic hydroxyl groups is 1. The largest absolute Gasteiger partial charge is 0.386 e. The maximum atomic E-state index is 13.4. The Hall–Kier alpha value is -1.78. The fourth-order valence-corrected chi connectivity index (χ4v) is 2.84. The zero-order valence-electron chi connectivity index (χ0n) is 11.1. The predicted octanol–water partition coefficient (Wildman–Crippen LogP) is 4.41. The fraction of sp³-hybridized carbons (Fsp3) is 0.118. The average Bonchev–Trinajstić information content (AvgIpc) is 2.45. The molecule has 0 bridgehead atoms. The normalized spacial score (nSPS) is 12.5. The summed E-state index contributed by atoms with van der Waals surface area (Å²) in [5, 5.41) is 11.3. The van der Waals surface area contributed by atoms with Crippen LogP contribution in [-0.2, 0) is 6.42 Å². The minimum Gasteiger partial charge on any atom is -0.386 e. The van der Waals surface area contributed by atoms with E-state index in [9.17, 15) is 9.50 Å². The highest BCUT2D eigenvalue weighted by Crippen LogP contribution is 2.22. The van der Waals surface area contributed by atoms with E-state index in [2.05, 4.69) is 20.9 Å². The highest BCUT2D eigenvalue weighted by atomic mass is 79.9. The third-order valence-corrected chi connectivity index (χ3v) is 3.77. The van der Waals surface area contributed by atoms with Crippen molar-refractivity contribution in [2.24, 2.45) is 0 Å². The van der Waals surface area contributed by atoms with Gasteiger partial charge in [0.05, 0.1) is 17.3 Å². The van der Waals surface area contributed by atoms with E-state index in [1.54, 1.807) is 12.1 Å². The van der Waals surface area contributed by atoms with Crippen LogP contribution in [0.15, 0.2) is 59.1 Å². The van der Waals surface area contributed by atoms with E-state index in [4.69, 9.17) is 0 Å². The molecule has 0 radical (unpaired) electrons. The lowest BCUT2D eigenvalue weighted by Gasteiger charge is -2.11. The van der Waals surface area contributed by atoms with E-state index in [1.165, 1.54) is 12.1 Å². The van der Waals surface area contributed by atoms with Gasteiger partial charge < -0.3 is 5.11 Å². The van der Waals surface area contributed by atoms with Gasteiger partial charge in [0.15, 0.2) is 0 Å². The number of hydrogen-bond acceptors (Lipinski definition) is 2. The Labute approximate surface area is 130 Å². The lowest BCUT2D eigenvalue weighted by atomic mass is 10.0. The lowest BCUT2D eigenvalue weighted by molar-refractivity contribution is 0.174. The summed E-state index contributed by atoms with van der Waals surface area (Å²) in [6.07, 6.45) is -0.440. The number of pyridine rings is 1. The Morgan fingerprint density at radius 1 is 1.10 bits per heavy atom. The molecule has 4 heteroatoms. The zero-order valence-corrected chi connectivity index (χ0v) is 12.7. The number of aromatic nitrogens is 1. The van der Waals surface area contributed by atoms with Crippen LogP contribution in [0.5, 0.6) is 0 Å². The molecule has 0 aliphatic rings. The van der Waals surface area contributed by atoms with Crippen molar-refractivity contribution in [1.82, 2.24) is 4.98 Å². The van der Waals surface area contributed by atoms with Crippen molar-refractivity contribution in [3.63, 3.8) is 0 Å². The van der Waals surface area contributed by atoms with Gasteiger partial charge in [0.1, 0.15) is 5.82 Å². The summed E-state index contributed by atoms with van der Waals surface area (Å²) < 4.78 is 14.0. The molecule has 1 aromatic heterocycles. The van der Waals surface area contributed by atoms with Crippen molar-refractivity contribution in [1.29, 1.82) is 0 Å². The number of fused-ring (bicyclic) bond motifs is 1. The molecule has 0 spiro atoms. The molecule has 0 saturated carbocycles. The zero-order chi connectivity index (χ0) is 14.8. The maximum Gasteiger partial charge on any atom is 0.124 e. The first-order chi connectivity index (χ1) is 10.1. The Balaban J connectivity index is 1.87. The van der Waals surface area contributed by atoms with E-state index in [0.29, 0.717) is 16.6 Å². The molecule has 3 rings (SSSR count). The summed E-state index contributed by atoms with van der Waals surface area (Å²) >= 11 is 3.25. The van der Waals surface area contributed by atoms with Gasteiger partial charge in [-0.05, 0) is 35.9 Å². The summed E-state index contributed by atoms with van der Waals surface area (Å²) in [4.78, 5) is 4.46. The summed E-state index contributed by atoms with van der Waals surface area (Å²) in [6, 6.07) is 16.1. The van der Waals surface area contributed by atoms with Crippen molar-refractivity contribution in [2.45, 2.75) is 12.5 Å². The fourth-order valence-electron chi connectivity index (χ4n) is 2.32. The van der Waals surface area contributed by atoms with E-state index < -0.39 is 6.10 Å². The number of nitrogens with zero attached hydrogens (tertiary/aromatic N) is 1. The van der Waals surface area contributed by atoms with Crippen molar-refractivity contribution in [2.75, 3.05) is 0 Å². The standard InChI is InChI=1S/C17H13BrFNO/c18-13-7-11(8-14(19)10-13)9-17(21)16-6-5-12-3-1-2-4-15(12)20-16/h1-8,10,17,21H,9H2. The molecule has 0 saturated heterocycles. The summed E-state index contributed by atoms with van der Waals surface area (Å²) in [5.74, 6) is -0.321. The SMILES string of the molecule is OC(Cc1cc(F)cc(Br)c1)c1ccc2ccccc2n1. The van der Waals surface area contributed by atoms with Gasteiger partial charge in [-0.15, -0.1) is 0 Å². The number of para-hydroxylation sites is 1. The molecule has 106 valence electrons. The molecule has 1 atom stereocenters. The molecular formula is C17H13BrFNO. The van der Waals surface area contributed by atoms with Crippen LogP contribution in [0.2, 0.25) is 0 Å². The Bertz CT molecular complexity index is 770. The summed E-state index contributed by atoms with van der Waals surface area (Å²) in [7, 11) is 0. The molecule has 0 aliphatic carbocycles. The van der Waals surface area contributed by atoms with Crippen LogP contribution in [0.4, 0.5) is 4.39 Å². The van der Waals surface area contributed by atoms with Gasteiger partial charge in [0.25, 0.3) is 0 Å². The summed E-state index contributed by atoms with van der Waals surface area (Å²) in [5.41, 5.74) is 2.16. The first kappa shape index (κ1) is 14.2. The van der Waals surface area contributed by atoms with Crippen molar-refractivity contribution < 1.29 is 9.50 Å². The topological polar surface area (TPSA) is 33.1 Å². The second kappa shape index (κ2) is 5.92. The molecule has 1 heterocycles. The Morgan fingerprint density at radius 3 is 2.71 bits per heavy atom. The van der Waals surface area contributed by atoms with Gasteiger partial charge in [-0.2, -0.15) is 0 Å². The molecule has 1 N–H and O–H groups in total. The van der Waals surface area contributed by atoms with Crippen LogP contribution in [0.25, 0.3) is 10.9 Å². The van der Waals surface area contributed by atoms with Crippen LogP contribution in [-0.4, -0.2) is 10.1 Å². The number of rotatable bonds is 3. The van der Waals surface area contributed by atoms with Gasteiger partial charge in [0, 0.05) is 16.3 Å². The second-order valence-electron chi connectivity index (χ2n) is 4.93. The maximum absolute atomic E-state index is 13.4. The van der Waals surface area contributed by atoms with Gasteiger partial charge in [-0.1, -0.05) is 40.2 Å². The van der Waals surface area contributed by atoms with E-state index in [-0.39, 0.29) is 5.82 Å². The average molecular weight is 346 g/mol. The van der Waals surface area contributed by atoms with Gasteiger partial charge >= 0.3 is 0 Å². The van der Waals surface area contributed by atoms with E-state index in [0.717, 1.165) is 16.5 Å². The van der Waals surface area contributed by atoms with Crippen molar-refractivity contribution in [3.8, 4) is 0 Å². The molecule has 3 aromatic rings. The van der Waals surface area contributed by atoms with Crippen LogP contribution >= 0.6 is 15.9 Å². The van der Waals surface area contributed by atoms with Crippen molar-refractivity contribution in [3.05, 3.63) is 76.1 Å². The van der Waals surface area contributed by atoms with Gasteiger partial charge in [0.2, 0.25) is 0 Å². The molecule has 0 fully saturated rings. The quantitative estimate of drug-likeness (QED) is 0.762.